The zero-order chi connectivity index (χ0) is 35.3. The fourth-order valence-corrected chi connectivity index (χ4v) is 8.91. The first kappa shape index (κ1) is 29.3. The molecule has 0 radical (unpaired) electrons. The third-order valence-corrected chi connectivity index (χ3v) is 11.3. The Labute approximate surface area is 310 Å². The fourth-order valence-electron chi connectivity index (χ4n) is 8.91. The largest absolute Gasteiger partial charge is 0.308 e. The molecule has 1 aliphatic rings. The lowest BCUT2D eigenvalue weighted by molar-refractivity contribution is 0.998. The Bertz CT molecular complexity index is 3330. The Balaban J connectivity index is 1.27. The topological polar surface area (TPSA) is 35.6 Å². The highest BCUT2D eigenvalue weighted by Gasteiger charge is 2.29. The van der Waals surface area contributed by atoms with Crippen LogP contribution in [0.25, 0.3) is 111 Å². The van der Waals surface area contributed by atoms with Gasteiger partial charge < -0.3 is 4.57 Å². The minimum Gasteiger partial charge on any atom is -0.308 e. The molecule has 3 aromatic heterocycles. The highest BCUT2D eigenvalue weighted by molar-refractivity contribution is 6.30. The lowest BCUT2D eigenvalue weighted by Gasteiger charge is -2.14. The van der Waals surface area contributed by atoms with Crippen LogP contribution in [0.1, 0.15) is 0 Å². The Kier molecular flexibility index (Phi) is 6.02. The third kappa shape index (κ3) is 4.08. The molecule has 0 aliphatic carbocycles. The van der Waals surface area contributed by atoms with Crippen LogP contribution < -0.4 is 0 Å². The van der Waals surface area contributed by atoms with Gasteiger partial charge >= 0.3 is 0 Å². The van der Waals surface area contributed by atoms with Crippen molar-refractivity contribution in [1.29, 1.82) is 0 Å². The maximum absolute atomic E-state index is 5.46. The van der Waals surface area contributed by atoms with E-state index in [1.807, 2.05) is 0 Å². The molecule has 54 heavy (non-hydrogen) atoms. The molecule has 0 N–H and O–H groups in total. The summed E-state index contributed by atoms with van der Waals surface area (Å²) < 4.78 is 4.80. The van der Waals surface area contributed by atoms with Gasteiger partial charge in [0, 0.05) is 43.8 Å². The Hall–Kier alpha value is -7.30. The number of hydrogen-bond donors (Lipinski definition) is 0. The normalized spacial score (nSPS) is 12.1. The molecule has 0 saturated heterocycles. The van der Waals surface area contributed by atoms with E-state index in [1.165, 1.54) is 71.3 Å². The molecule has 0 atom stereocenters. The van der Waals surface area contributed by atoms with Crippen LogP contribution in [0.3, 0.4) is 0 Å². The number of aromatic nitrogens is 4. The van der Waals surface area contributed by atoms with Gasteiger partial charge in [0.1, 0.15) is 0 Å². The monoisotopic (exact) mass is 686 g/mol. The Morgan fingerprint density at radius 2 is 0.963 bits per heavy atom. The summed E-state index contributed by atoms with van der Waals surface area (Å²) >= 11 is 0. The number of benzene rings is 8. The maximum Gasteiger partial charge on any atom is 0.235 e. The summed E-state index contributed by atoms with van der Waals surface area (Å²) in [5, 5.41) is 7.13. The van der Waals surface area contributed by atoms with Gasteiger partial charge in [-0.1, -0.05) is 146 Å². The molecule has 4 nitrogen and oxygen atoms in total. The molecule has 0 spiro atoms. The van der Waals surface area contributed by atoms with Crippen molar-refractivity contribution in [2.75, 3.05) is 0 Å². The van der Waals surface area contributed by atoms with Crippen LogP contribution in [0.4, 0.5) is 0 Å². The van der Waals surface area contributed by atoms with E-state index in [-0.39, 0.29) is 0 Å². The molecule has 250 valence electrons. The second kappa shape index (κ2) is 11.1. The van der Waals surface area contributed by atoms with Gasteiger partial charge in [0.25, 0.3) is 0 Å². The lowest BCUT2D eigenvalue weighted by Crippen LogP contribution is -2.04. The van der Waals surface area contributed by atoms with Gasteiger partial charge in [-0.3, -0.25) is 4.57 Å². The first-order valence-electron chi connectivity index (χ1n) is 18.4. The average molecular weight is 687 g/mol. The Morgan fingerprint density at radius 3 is 1.78 bits per heavy atom. The molecule has 1 aliphatic heterocycles. The molecule has 0 saturated carbocycles. The second-order valence-corrected chi connectivity index (χ2v) is 14.2. The van der Waals surface area contributed by atoms with Crippen molar-refractivity contribution >= 4 is 54.4 Å². The van der Waals surface area contributed by atoms with Gasteiger partial charge in [0.2, 0.25) is 5.95 Å². The van der Waals surface area contributed by atoms with Crippen LogP contribution in [-0.4, -0.2) is 19.1 Å². The minimum atomic E-state index is 0.646. The molecule has 4 heterocycles. The summed E-state index contributed by atoms with van der Waals surface area (Å²) in [5.74, 6) is 0.646. The van der Waals surface area contributed by atoms with Crippen LogP contribution in [0.5, 0.6) is 0 Å². The van der Waals surface area contributed by atoms with Gasteiger partial charge in [-0.05, 0) is 58.3 Å². The van der Waals surface area contributed by atoms with E-state index in [0.29, 0.717) is 5.95 Å². The van der Waals surface area contributed by atoms with E-state index in [4.69, 9.17) is 9.97 Å². The van der Waals surface area contributed by atoms with E-state index >= 15 is 0 Å². The van der Waals surface area contributed by atoms with Crippen molar-refractivity contribution in [3.8, 4) is 56.4 Å². The summed E-state index contributed by atoms with van der Waals surface area (Å²) in [5.41, 5.74) is 14.5. The summed E-state index contributed by atoms with van der Waals surface area (Å²) in [7, 11) is 0. The van der Waals surface area contributed by atoms with Crippen LogP contribution in [0, 0.1) is 0 Å². The molecule has 0 amide bonds. The molecule has 0 fully saturated rings. The number of para-hydroxylation sites is 3. The molecule has 0 bridgehead atoms. The zero-order valence-corrected chi connectivity index (χ0v) is 29.1. The van der Waals surface area contributed by atoms with Crippen molar-refractivity contribution in [3.05, 3.63) is 182 Å². The van der Waals surface area contributed by atoms with Gasteiger partial charge in [-0.15, -0.1) is 0 Å². The van der Waals surface area contributed by atoms with Crippen LogP contribution in [-0.2, 0) is 0 Å². The standard InChI is InChI=1S/C50H30N4/c1-2-15-32(16-3-1)42-30-43(34-27-26-31-14-4-5-17-33(31)28-34)52-50(51-42)54-45-24-12-9-21-38(45)41-29-40-36-19-7-6-18-35(36)37-20-8-11-23-44(37)53-46-25-13-10-22-39(46)47(48(40)53)49(41)54/h1-30H. The van der Waals surface area contributed by atoms with Crippen molar-refractivity contribution < 1.29 is 0 Å². The molecular weight excluding hydrogens is 657 g/mol. The van der Waals surface area contributed by atoms with Crippen LogP contribution >= 0.6 is 0 Å². The highest BCUT2D eigenvalue weighted by Crippen LogP contribution is 2.50. The number of rotatable bonds is 3. The molecule has 8 aromatic carbocycles. The van der Waals surface area contributed by atoms with Crippen molar-refractivity contribution in [2.24, 2.45) is 0 Å². The molecule has 4 heteroatoms. The highest BCUT2D eigenvalue weighted by atomic mass is 15.2. The van der Waals surface area contributed by atoms with E-state index in [0.717, 1.165) is 33.5 Å². The summed E-state index contributed by atoms with van der Waals surface area (Å²) in [4.78, 5) is 10.9. The predicted octanol–water partition coefficient (Wildman–Crippen LogP) is 12.8. The third-order valence-electron chi connectivity index (χ3n) is 11.3. The van der Waals surface area contributed by atoms with E-state index in [1.54, 1.807) is 0 Å². The first-order valence-corrected chi connectivity index (χ1v) is 18.4. The van der Waals surface area contributed by atoms with Gasteiger partial charge in [0.15, 0.2) is 0 Å². The maximum atomic E-state index is 5.46. The van der Waals surface area contributed by atoms with Crippen molar-refractivity contribution in [2.45, 2.75) is 0 Å². The van der Waals surface area contributed by atoms with E-state index in [9.17, 15) is 0 Å². The number of fused-ring (bicyclic) bond motifs is 13. The summed E-state index contributed by atoms with van der Waals surface area (Å²) in [6.45, 7) is 0. The second-order valence-electron chi connectivity index (χ2n) is 14.2. The van der Waals surface area contributed by atoms with Gasteiger partial charge in [0.05, 0.1) is 39.1 Å². The lowest BCUT2D eigenvalue weighted by atomic mass is 9.92. The smallest absolute Gasteiger partial charge is 0.235 e. The minimum absolute atomic E-state index is 0.646. The van der Waals surface area contributed by atoms with E-state index < -0.39 is 0 Å². The number of nitrogens with zero attached hydrogens (tertiary/aromatic N) is 4. The predicted molar refractivity (Wildman–Crippen MR) is 224 cm³/mol. The SMILES string of the molecule is c1ccc(-c2cc(-c3ccc4ccccc4c3)nc(-n3c4ccccc4c4cc5c6c(c7ccccc7n6-c6ccccc6-c6ccccc6-5)c43)n2)cc1. The molecule has 12 rings (SSSR count). The van der Waals surface area contributed by atoms with Crippen molar-refractivity contribution in [3.63, 3.8) is 0 Å². The summed E-state index contributed by atoms with van der Waals surface area (Å²) in [6, 6.07) is 65.4. The summed E-state index contributed by atoms with van der Waals surface area (Å²) in [6.07, 6.45) is 0. The molecule has 11 aromatic rings. The molecule has 0 unspecified atom stereocenters. The average Bonchev–Trinajstić information content (AvgIpc) is 3.72. The fraction of sp³-hybridized carbons (Fsp3) is 0. The van der Waals surface area contributed by atoms with Gasteiger partial charge in [-0.25, -0.2) is 9.97 Å². The zero-order valence-electron chi connectivity index (χ0n) is 29.1. The number of hydrogen-bond acceptors (Lipinski definition) is 2. The first-order chi connectivity index (χ1) is 26.8. The Morgan fingerprint density at radius 1 is 0.352 bits per heavy atom. The molecular formula is C50H30N4. The van der Waals surface area contributed by atoms with Gasteiger partial charge in [-0.2, -0.15) is 0 Å². The van der Waals surface area contributed by atoms with Crippen molar-refractivity contribution in [1.82, 2.24) is 19.1 Å². The van der Waals surface area contributed by atoms with E-state index in [2.05, 4.69) is 191 Å². The van der Waals surface area contributed by atoms with Crippen LogP contribution in [0.2, 0.25) is 0 Å². The van der Waals surface area contributed by atoms with Crippen LogP contribution in [0.15, 0.2) is 182 Å². The quantitative estimate of drug-likeness (QED) is 0.185.